The summed E-state index contributed by atoms with van der Waals surface area (Å²) < 4.78 is 55.4. The largest absolute Gasteiger partial charge is 0.271 e. The van der Waals surface area contributed by atoms with Crippen molar-refractivity contribution in [3.05, 3.63) is 165 Å². The molecule has 18 nitrogen and oxygen atoms in total. The third-order valence-corrected chi connectivity index (χ3v) is 11.3. The van der Waals surface area contributed by atoms with E-state index in [4.69, 9.17) is 0 Å². The van der Waals surface area contributed by atoms with E-state index >= 15 is 0 Å². The molecule has 0 bridgehead atoms. The highest BCUT2D eigenvalue weighted by atomic mass is 32.2. The number of hydrogen-bond acceptors (Lipinski definition) is 12. The molecule has 0 radical (unpaired) electrons. The summed E-state index contributed by atoms with van der Waals surface area (Å²) in [7, 11) is -8.51. The molecular weight excluding hydrogens is 769 g/mol. The average Bonchev–Trinajstić information content (AvgIpc) is 3.20. The first-order valence-corrected chi connectivity index (χ1v) is 19.0. The van der Waals surface area contributed by atoms with E-state index < -0.39 is 54.8 Å². The molecule has 0 aromatic heterocycles. The first-order chi connectivity index (χ1) is 26.8. The minimum Gasteiger partial charge on any atom is -0.271 e. The standard InChI is InChI=1S/C36H30N8O10S2/c45-35(25-41(29-15-19-31(20-16-29)43(47)48)55(51,52)33-7-3-1-4-8-33)39-37-23-27-11-13-28(14-12-27)24-38-40-36(46)26-42(30-17-21-32(22-18-30)44(49)50)56(53,54)34-9-5-2-6-10-34/h1-24H,25-26H2,(H,39,45)(H,40,46). The van der Waals surface area contributed by atoms with Crippen molar-refractivity contribution in [2.45, 2.75) is 9.79 Å². The summed E-state index contributed by atoms with van der Waals surface area (Å²) in [6.45, 7) is -1.39. The van der Waals surface area contributed by atoms with Crippen LogP contribution in [0.5, 0.6) is 0 Å². The number of nitro groups is 2. The number of nitrogens with one attached hydrogen (secondary N) is 2. The van der Waals surface area contributed by atoms with Crippen molar-refractivity contribution in [3.63, 3.8) is 0 Å². The van der Waals surface area contributed by atoms with Gasteiger partial charge in [-0.05, 0) is 59.7 Å². The molecule has 0 heterocycles. The van der Waals surface area contributed by atoms with E-state index in [-0.39, 0.29) is 32.5 Å². The first-order valence-electron chi connectivity index (χ1n) is 16.1. The van der Waals surface area contributed by atoms with Gasteiger partial charge in [-0.15, -0.1) is 0 Å². The quantitative estimate of drug-likeness (QED) is 0.0819. The fourth-order valence-electron chi connectivity index (χ4n) is 4.91. The molecule has 0 atom stereocenters. The zero-order chi connectivity index (χ0) is 40.3. The van der Waals surface area contributed by atoms with Gasteiger partial charge in [-0.1, -0.05) is 60.7 Å². The topological polar surface area (TPSA) is 244 Å². The molecule has 20 heteroatoms. The average molecular weight is 799 g/mol. The van der Waals surface area contributed by atoms with Crippen LogP contribution in [0.4, 0.5) is 22.7 Å². The van der Waals surface area contributed by atoms with Gasteiger partial charge in [0.25, 0.3) is 43.2 Å². The maximum Gasteiger partial charge on any atom is 0.269 e. The van der Waals surface area contributed by atoms with Crippen LogP contribution in [-0.2, 0) is 29.6 Å². The van der Waals surface area contributed by atoms with Crippen LogP contribution in [-0.4, -0.2) is 64.0 Å². The fourth-order valence-corrected chi connectivity index (χ4v) is 7.79. The van der Waals surface area contributed by atoms with E-state index in [0.717, 1.165) is 32.9 Å². The van der Waals surface area contributed by atoms with Crippen molar-refractivity contribution in [3.8, 4) is 0 Å². The molecule has 0 spiro atoms. The van der Waals surface area contributed by atoms with Gasteiger partial charge in [0, 0.05) is 24.3 Å². The van der Waals surface area contributed by atoms with Crippen LogP contribution in [0.3, 0.4) is 0 Å². The lowest BCUT2D eigenvalue weighted by Crippen LogP contribution is -2.39. The van der Waals surface area contributed by atoms with Gasteiger partial charge in [0.05, 0.1) is 43.4 Å². The molecular formula is C36H30N8O10S2. The number of non-ortho nitro benzene ring substituents is 2. The highest BCUT2D eigenvalue weighted by molar-refractivity contribution is 7.93. The van der Waals surface area contributed by atoms with Crippen molar-refractivity contribution in [2.24, 2.45) is 10.2 Å². The maximum absolute atomic E-state index is 13.4. The highest BCUT2D eigenvalue weighted by Gasteiger charge is 2.29. The second kappa shape index (κ2) is 17.7. The van der Waals surface area contributed by atoms with E-state index in [1.54, 1.807) is 36.4 Å². The molecule has 0 fully saturated rings. The van der Waals surface area contributed by atoms with Gasteiger partial charge in [-0.2, -0.15) is 10.2 Å². The smallest absolute Gasteiger partial charge is 0.269 e. The Balaban J connectivity index is 1.20. The van der Waals surface area contributed by atoms with Gasteiger partial charge in [0.1, 0.15) is 13.1 Å². The molecule has 5 aromatic carbocycles. The van der Waals surface area contributed by atoms with Crippen molar-refractivity contribution in [1.82, 2.24) is 10.9 Å². The lowest BCUT2D eigenvalue weighted by Gasteiger charge is -2.23. The Kier molecular flexibility index (Phi) is 12.6. The molecule has 0 aliphatic carbocycles. The number of amides is 2. The predicted octanol–water partition coefficient (Wildman–Crippen LogP) is 4.19. The Morgan fingerprint density at radius 3 is 1.16 bits per heavy atom. The molecule has 5 rings (SSSR count). The number of nitrogens with zero attached hydrogens (tertiary/aromatic N) is 6. The second-order valence-corrected chi connectivity index (χ2v) is 15.2. The third kappa shape index (κ3) is 10.0. The fraction of sp³-hybridized carbons (Fsp3) is 0.0556. The number of nitro benzene ring substituents is 2. The number of hydrogen-bond donors (Lipinski definition) is 2. The van der Waals surface area contributed by atoms with Gasteiger partial charge in [0.2, 0.25) is 0 Å². The summed E-state index contributed by atoms with van der Waals surface area (Å²) in [5.41, 5.74) is 5.08. The number of rotatable bonds is 16. The zero-order valence-electron chi connectivity index (χ0n) is 28.9. The minimum atomic E-state index is -4.26. The van der Waals surface area contributed by atoms with Crippen LogP contribution < -0.4 is 19.5 Å². The Hall–Kier alpha value is -7.32. The molecule has 5 aromatic rings. The first kappa shape index (κ1) is 39.9. The van der Waals surface area contributed by atoms with E-state index in [1.807, 2.05) is 0 Å². The summed E-state index contributed by atoms with van der Waals surface area (Å²) in [4.78, 5) is 46.5. The molecule has 0 saturated carbocycles. The molecule has 0 aliphatic rings. The van der Waals surface area contributed by atoms with Crippen molar-refractivity contribution < 1.29 is 36.3 Å². The Bertz CT molecular complexity index is 2310. The molecule has 286 valence electrons. The zero-order valence-corrected chi connectivity index (χ0v) is 30.5. The van der Waals surface area contributed by atoms with Gasteiger partial charge >= 0.3 is 0 Å². The second-order valence-electron chi connectivity index (χ2n) is 11.4. The molecule has 2 N–H and O–H groups in total. The van der Waals surface area contributed by atoms with E-state index in [0.29, 0.717) is 11.1 Å². The summed E-state index contributed by atoms with van der Waals surface area (Å²) in [5.74, 6) is -1.61. The number of carbonyl (C=O) groups is 2. The van der Waals surface area contributed by atoms with Gasteiger partial charge in [-0.3, -0.25) is 38.4 Å². The lowest BCUT2D eigenvalue weighted by molar-refractivity contribution is -0.385. The van der Waals surface area contributed by atoms with E-state index in [2.05, 4.69) is 21.1 Å². The monoisotopic (exact) mass is 798 g/mol. The third-order valence-electron chi connectivity index (χ3n) is 7.68. The Labute approximate surface area is 319 Å². The van der Waals surface area contributed by atoms with Crippen LogP contribution in [0.25, 0.3) is 0 Å². The lowest BCUT2D eigenvalue weighted by atomic mass is 10.2. The van der Waals surface area contributed by atoms with Gasteiger partial charge < -0.3 is 0 Å². The van der Waals surface area contributed by atoms with E-state index in [9.17, 15) is 46.7 Å². The molecule has 0 aliphatic heterocycles. The SMILES string of the molecule is O=C(CN(c1ccc([N+](=O)[O-])cc1)S(=O)(=O)c1ccccc1)NN=Cc1ccc(C=NNC(=O)CN(c2ccc([N+](=O)[O-])cc2)S(=O)(=O)c2ccccc2)cc1. The number of anilines is 2. The molecule has 2 amide bonds. The molecule has 0 saturated heterocycles. The molecule has 56 heavy (non-hydrogen) atoms. The van der Waals surface area contributed by atoms with Gasteiger partial charge in [-0.25, -0.2) is 27.7 Å². The summed E-state index contributed by atoms with van der Waals surface area (Å²) in [6.07, 6.45) is 2.59. The van der Waals surface area contributed by atoms with Crippen molar-refractivity contribution >= 4 is 67.0 Å². The Morgan fingerprint density at radius 1 is 0.536 bits per heavy atom. The number of sulfonamides is 2. The normalized spacial score (nSPS) is 11.6. The number of benzene rings is 5. The van der Waals surface area contributed by atoms with Crippen molar-refractivity contribution in [1.29, 1.82) is 0 Å². The van der Waals surface area contributed by atoms with E-state index in [1.165, 1.54) is 85.2 Å². The van der Waals surface area contributed by atoms with Crippen LogP contribution in [0, 0.1) is 20.2 Å². The summed E-state index contributed by atoms with van der Waals surface area (Å²) >= 11 is 0. The minimum absolute atomic E-state index is 0.0195. The molecule has 0 unspecified atom stereocenters. The summed E-state index contributed by atoms with van der Waals surface area (Å²) in [6, 6.07) is 30.5. The number of hydrazone groups is 2. The van der Waals surface area contributed by atoms with Gasteiger partial charge in [0.15, 0.2) is 0 Å². The van der Waals surface area contributed by atoms with Crippen LogP contribution >= 0.6 is 0 Å². The summed E-state index contributed by atoms with van der Waals surface area (Å²) in [5, 5.41) is 30.0. The van der Waals surface area contributed by atoms with Crippen molar-refractivity contribution in [2.75, 3.05) is 21.7 Å². The number of carbonyl (C=O) groups excluding carboxylic acids is 2. The highest BCUT2D eigenvalue weighted by Crippen LogP contribution is 2.27. The predicted molar refractivity (Wildman–Crippen MR) is 206 cm³/mol. The Morgan fingerprint density at radius 2 is 0.857 bits per heavy atom. The van der Waals surface area contributed by atoms with Crippen LogP contribution in [0.2, 0.25) is 0 Å². The van der Waals surface area contributed by atoms with Crippen LogP contribution in [0.15, 0.2) is 153 Å². The maximum atomic E-state index is 13.4. The van der Waals surface area contributed by atoms with Crippen LogP contribution in [0.1, 0.15) is 11.1 Å².